The number of aliphatic imine (C=N–C) groups is 1. The number of nitrogens with zero attached hydrogens (tertiary/aromatic N) is 3. The highest BCUT2D eigenvalue weighted by Crippen LogP contribution is 2.24. The van der Waals surface area contributed by atoms with Crippen LogP contribution in [0.5, 0.6) is 0 Å². The lowest BCUT2D eigenvalue weighted by atomic mass is 9.93. The first-order valence-electron chi connectivity index (χ1n) is 10.5. The summed E-state index contributed by atoms with van der Waals surface area (Å²) in [6.07, 6.45) is 4.62. The summed E-state index contributed by atoms with van der Waals surface area (Å²) in [6.45, 7) is 8.15. The van der Waals surface area contributed by atoms with Crippen molar-refractivity contribution in [1.29, 1.82) is 0 Å². The van der Waals surface area contributed by atoms with Crippen LogP contribution in [-0.2, 0) is 0 Å². The second-order valence-electron chi connectivity index (χ2n) is 7.84. The number of guanidine groups is 1. The smallest absolute Gasteiger partial charge is 0.191 e. The van der Waals surface area contributed by atoms with Gasteiger partial charge in [0.15, 0.2) is 5.96 Å². The molecule has 2 fully saturated rings. The molecule has 1 unspecified atom stereocenters. The Hall–Kier alpha value is -1.89. The van der Waals surface area contributed by atoms with E-state index in [0.717, 1.165) is 50.4 Å². The second-order valence-corrected chi connectivity index (χ2v) is 7.84. The average molecular weight is 394 g/mol. The van der Waals surface area contributed by atoms with E-state index in [2.05, 4.69) is 27.4 Å². The summed E-state index contributed by atoms with van der Waals surface area (Å²) in [5, 5.41) is 6.87. The van der Waals surface area contributed by atoms with E-state index < -0.39 is 11.6 Å². The van der Waals surface area contributed by atoms with Gasteiger partial charge in [-0.05, 0) is 63.4 Å². The van der Waals surface area contributed by atoms with Gasteiger partial charge in [-0.2, -0.15) is 0 Å². The Kier molecular flexibility index (Phi) is 7.48. The maximum Gasteiger partial charge on any atom is 0.191 e. The molecule has 28 heavy (non-hydrogen) atoms. The lowest BCUT2D eigenvalue weighted by Crippen LogP contribution is -2.45. The van der Waals surface area contributed by atoms with E-state index >= 15 is 0 Å². The lowest BCUT2D eigenvalue weighted by molar-refractivity contribution is 0.187. The first-order valence-corrected chi connectivity index (χ1v) is 10.5. The molecule has 2 aliphatic rings. The summed E-state index contributed by atoms with van der Waals surface area (Å²) in [4.78, 5) is 8.80. The Labute approximate surface area is 167 Å². The fourth-order valence-corrected chi connectivity index (χ4v) is 4.21. The van der Waals surface area contributed by atoms with Gasteiger partial charge in [-0.15, -0.1) is 0 Å². The molecule has 0 radical (unpaired) electrons. The third-order valence-corrected chi connectivity index (χ3v) is 6.00. The summed E-state index contributed by atoms with van der Waals surface area (Å²) in [5.74, 6) is 0.548. The molecule has 0 bridgehead atoms. The number of benzene rings is 1. The SMILES string of the molecule is CCN1CCC(CCNC(=NC)NC2CCN(c3ccc(F)cc3F)C2)CC1. The van der Waals surface area contributed by atoms with Gasteiger partial charge in [0.1, 0.15) is 11.6 Å². The maximum atomic E-state index is 14.0. The van der Waals surface area contributed by atoms with Crippen molar-refractivity contribution >= 4 is 11.6 Å². The Morgan fingerprint density at radius 3 is 2.64 bits per heavy atom. The molecule has 1 aromatic carbocycles. The Morgan fingerprint density at radius 2 is 1.96 bits per heavy atom. The highest BCUT2D eigenvalue weighted by atomic mass is 19.1. The third kappa shape index (κ3) is 5.56. The van der Waals surface area contributed by atoms with Gasteiger partial charge < -0.3 is 20.4 Å². The van der Waals surface area contributed by atoms with Gasteiger partial charge in [-0.1, -0.05) is 6.92 Å². The lowest BCUT2D eigenvalue weighted by Gasteiger charge is -2.31. The quantitative estimate of drug-likeness (QED) is 0.576. The van der Waals surface area contributed by atoms with Crippen LogP contribution in [0.4, 0.5) is 14.5 Å². The van der Waals surface area contributed by atoms with Crippen molar-refractivity contribution < 1.29 is 8.78 Å². The summed E-state index contributed by atoms with van der Waals surface area (Å²) >= 11 is 0. The molecule has 2 heterocycles. The van der Waals surface area contributed by atoms with E-state index in [4.69, 9.17) is 0 Å². The van der Waals surface area contributed by atoms with Gasteiger partial charge in [-0.3, -0.25) is 4.99 Å². The molecule has 3 rings (SSSR count). The predicted octanol–water partition coefficient (Wildman–Crippen LogP) is 2.83. The normalized spacial score (nSPS) is 21.9. The predicted molar refractivity (Wildman–Crippen MR) is 111 cm³/mol. The van der Waals surface area contributed by atoms with Gasteiger partial charge in [0.2, 0.25) is 0 Å². The van der Waals surface area contributed by atoms with Crippen molar-refractivity contribution in [2.45, 2.75) is 38.6 Å². The number of hydrogen-bond donors (Lipinski definition) is 2. The zero-order valence-corrected chi connectivity index (χ0v) is 17.1. The van der Waals surface area contributed by atoms with Gasteiger partial charge in [0, 0.05) is 38.8 Å². The Bertz CT molecular complexity index is 658. The zero-order valence-electron chi connectivity index (χ0n) is 17.1. The fraction of sp³-hybridized carbons (Fsp3) is 0.667. The summed E-state index contributed by atoms with van der Waals surface area (Å²) in [6, 6.07) is 3.97. The number of anilines is 1. The summed E-state index contributed by atoms with van der Waals surface area (Å²) in [7, 11) is 1.78. The molecule has 0 amide bonds. The van der Waals surface area contributed by atoms with Crippen molar-refractivity contribution in [3.05, 3.63) is 29.8 Å². The van der Waals surface area contributed by atoms with Gasteiger partial charge in [0.25, 0.3) is 0 Å². The van der Waals surface area contributed by atoms with E-state index in [1.54, 1.807) is 7.05 Å². The molecule has 1 atom stereocenters. The van der Waals surface area contributed by atoms with Gasteiger partial charge in [0.05, 0.1) is 5.69 Å². The van der Waals surface area contributed by atoms with Crippen molar-refractivity contribution in [2.24, 2.45) is 10.9 Å². The Morgan fingerprint density at radius 1 is 1.18 bits per heavy atom. The van der Waals surface area contributed by atoms with E-state index in [1.165, 1.54) is 38.1 Å². The minimum atomic E-state index is -0.542. The molecule has 2 saturated heterocycles. The molecule has 2 aliphatic heterocycles. The average Bonchev–Trinajstić information content (AvgIpc) is 3.16. The van der Waals surface area contributed by atoms with Crippen LogP contribution < -0.4 is 15.5 Å². The van der Waals surface area contributed by atoms with Crippen LogP contribution in [0, 0.1) is 17.6 Å². The largest absolute Gasteiger partial charge is 0.367 e. The number of halogens is 2. The van der Waals surface area contributed by atoms with Crippen LogP contribution in [0.2, 0.25) is 0 Å². The van der Waals surface area contributed by atoms with E-state index in [-0.39, 0.29) is 6.04 Å². The molecule has 7 heteroatoms. The third-order valence-electron chi connectivity index (χ3n) is 6.00. The topological polar surface area (TPSA) is 42.9 Å². The number of nitrogens with one attached hydrogen (secondary N) is 2. The minimum absolute atomic E-state index is 0.198. The fourth-order valence-electron chi connectivity index (χ4n) is 4.21. The van der Waals surface area contributed by atoms with Crippen LogP contribution >= 0.6 is 0 Å². The van der Waals surface area contributed by atoms with Gasteiger partial charge >= 0.3 is 0 Å². The van der Waals surface area contributed by atoms with E-state index in [1.807, 2.05) is 4.90 Å². The molecular weight excluding hydrogens is 360 g/mol. The van der Waals surface area contributed by atoms with Crippen LogP contribution in [0.15, 0.2) is 23.2 Å². The van der Waals surface area contributed by atoms with E-state index in [0.29, 0.717) is 12.2 Å². The highest BCUT2D eigenvalue weighted by Gasteiger charge is 2.25. The summed E-state index contributed by atoms with van der Waals surface area (Å²) < 4.78 is 27.1. The molecule has 1 aromatic rings. The molecule has 0 aliphatic carbocycles. The number of hydrogen-bond acceptors (Lipinski definition) is 3. The molecule has 0 saturated carbocycles. The minimum Gasteiger partial charge on any atom is -0.367 e. The molecular formula is C21H33F2N5. The first-order chi connectivity index (χ1) is 13.6. The molecule has 0 spiro atoms. The van der Waals surface area contributed by atoms with Crippen molar-refractivity contribution in [3.8, 4) is 0 Å². The van der Waals surface area contributed by atoms with Crippen molar-refractivity contribution in [3.63, 3.8) is 0 Å². The standard InChI is InChI=1S/C21H33F2N5/c1-3-27-11-7-16(8-12-27)6-10-25-21(24-2)26-18-9-13-28(15-18)20-5-4-17(22)14-19(20)23/h4-5,14,16,18H,3,6-13,15H2,1-2H3,(H2,24,25,26). The molecule has 156 valence electrons. The number of likely N-dealkylation sites (tertiary alicyclic amines) is 1. The zero-order chi connectivity index (χ0) is 19.9. The van der Waals surface area contributed by atoms with Gasteiger partial charge in [-0.25, -0.2) is 8.78 Å². The maximum absolute atomic E-state index is 14.0. The van der Waals surface area contributed by atoms with Crippen LogP contribution in [0.1, 0.15) is 32.6 Å². The van der Waals surface area contributed by atoms with E-state index in [9.17, 15) is 8.78 Å². The van der Waals surface area contributed by atoms with Crippen molar-refractivity contribution in [2.75, 3.05) is 51.2 Å². The Balaban J connectivity index is 1.40. The number of rotatable bonds is 6. The highest BCUT2D eigenvalue weighted by molar-refractivity contribution is 5.80. The second kappa shape index (κ2) is 10.0. The first kappa shape index (κ1) is 20.8. The molecule has 0 aromatic heterocycles. The molecule has 5 nitrogen and oxygen atoms in total. The van der Waals surface area contributed by atoms with Crippen LogP contribution in [-0.4, -0.2) is 63.2 Å². The van der Waals surface area contributed by atoms with Crippen LogP contribution in [0.3, 0.4) is 0 Å². The summed E-state index contributed by atoms with van der Waals surface area (Å²) in [5.41, 5.74) is 0.465. The monoisotopic (exact) mass is 393 g/mol. The van der Waals surface area contributed by atoms with Crippen LogP contribution in [0.25, 0.3) is 0 Å². The number of piperidine rings is 1. The van der Waals surface area contributed by atoms with Crippen molar-refractivity contribution in [1.82, 2.24) is 15.5 Å². The molecule has 2 N–H and O–H groups in total.